The third-order valence-corrected chi connectivity index (χ3v) is 21.0. The van der Waals surface area contributed by atoms with Crippen LogP contribution in [0.15, 0.2) is 24.3 Å². The van der Waals surface area contributed by atoms with Gasteiger partial charge in [0.2, 0.25) is 0 Å². The minimum atomic E-state index is -1.96. The summed E-state index contributed by atoms with van der Waals surface area (Å²) in [7, 11) is 1.45. The summed E-state index contributed by atoms with van der Waals surface area (Å²) in [6.07, 6.45) is 0. The van der Waals surface area contributed by atoms with Gasteiger partial charge in [0.15, 0.2) is 0 Å². The molecule has 228 valence electrons. The van der Waals surface area contributed by atoms with Crippen LogP contribution in [-0.2, 0) is 16.2 Å². The maximum absolute atomic E-state index is 2.58. The van der Waals surface area contributed by atoms with Crippen molar-refractivity contribution in [3.8, 4) is 0 Å². The Bertz CT molecular complexity index is 1190. The molecule has 0 aromatic heterocycles. The molecular formula is C38H61GePTe. The van der Waals surface area contributed by atoms with Crippen molar-refractivity contribution in [3.63, 3.8) is 0 Å². The molecule has 0 atom stereocenters. The van der Waals surface area contributed by atoms with Gasteiger partial charge in [-0.1, -0.05) is 0 Å². The van der Waals surface area contributed by atoms with E-state index in [-0.39, 0.29) is 20.5 Å². The summed E-state index contributed by atoms with van der Waals surface area (Å²) in [5, 5.41) is 1.57. The van der Waals surface area contributed by atoms with Crippen LogP contribution in [0.4, 0.5) is 0 Å². The second kappa shape index (κ2) is 13.1. The Morgan fingerprint density at radius 3 is 1.27 bits per heavy atom. The molecule has 0 N–H and O–H groups in total. The summed E-state index contributed by atoms with van der Waals surface area (Å²) in [6, 6.07) is 10.3. The minimum absolute atomic E-state index is 0.0813. The van der Waals surface area contributed by atoms with E-state index in [0.29, 0.717) is 17.8 Å². The first-order valence-corrected chi connectivity index (χ1v) is 21.0. The Morgan fingerprint density at radius 2 is 1.00 bits per heavy atom. The van der Waals surface area contributed by atoms with Crippen LogP contribution in [0.3, 0.4) is 0 Å². The van der Waals surface area contributed by atoms with Crippen molar-refractivity contribution >= 4 is 56.7 Å². The molecule has 0 amide bonds. The van der Waals surface area contributed by atoms with Crippen LogP contribution in [0, 0.1) is 0 Å². The van der Waals surface area contributed by atoms with E-state index in [1.807, 2.05) is 0 Å². The number of hydrogen-bond acceptors (Lipinski definition) is 0. The SMILES string of the molecule is CC(C)c1cc(C(C)C)[c]([Ge]([C]([Te])=Pc2c(C(C)(C)C)cc(C(C)(C)C)cc2C(C)(C)C)[C](C)(C)C)c(C(C)C)c1. The molecule has 0 saturated carbocycles. The van der Waals surface area contributed by atoms with Gasteiger partial charge in [-0.05, 0) is 0 Å². The molecular weight excluding hydrogens is 688 g/mol. The zero-order valence-corrected chi connectivity index (χ0v) is 35.2. The zero-order valence-electron chi connectivity index (χ0n) is 29.9. The molecule has 0 bridgehead atoms. The van der Waals surface area contributed by atoms with E-state index in [2.05, 4.69) is 171 Å². The van der Waals surface area contributed by atoms with E-state index in [0.717, 1.165) is 0 Å². The zero-order chi connectivity index (χ0) is 32.0. The van der Waals surface area contributed by atoms with Gasteiger partial charge in [-0.25, -0.2) is 0 Å². The first-order chi connectivity index (χ1) is 18.3. The van der Waals surface area contributed by atoms with Crippen molar-refractivity contribution in [1.29, 1.82) is 0 Å². The molecule has 0 nitrogen and oxygen atoms in total. The Kier molecular flexibility index (Phi) is 11.9. The van der Waals surface area contributed by atoms with Crippen LogP contribution >= 0.6 is 8.20 Å². The van der Waals surface area contributed by atoms with Gasteiger partial charge in [0.25, 0.3) is 0 Å². The van der Waals surface area contributed by atoms with Gasteiger partial charge in [-0.15, -0.1) is 0 Å². The average molecular weight is 749 g/mol. The van der Waals surface area contributed by atoms with Gasteiger partial charge in [-0.3, -0.25) is 0 Å². The van der Waals surface area contributed by atoms with Crippen LogP contribution in [0.1, 0.15) is 176 Å². The second-order valence-electron chi connectivity index (χ2n) is 17.3. The molecule has 3 heteroatoms. The van der Waals surface area contributed by atoms with Gasteiger partial charge < -0.3 is 0 Å². The van der Waals surface area contributed by atoms with Gasteiger partial charge in [0, 0.05) is 0 Å². The third kappa shape index (κ3) is 9.00. The summed E-state index contributed by atoms with van der Waals surface area (Å²) in [5.74, 6) is 1.60. The quantitative estimate of drug-likeness (QED) is 0.204. The van der Waals surface area contributed by atoms with Crippen molar-refractivity contribution in [1.82, 2.24) is 0 Å². The van der Waals surface area contributed by atoms with E-state index < -0.39 is 14.3 Å². The van der Waals surface area contributed by atoms with Crippen LogP contribution in [-0.4, -0.2) is 38.8 Å². The molecule has 0 saturated heterocycles. The molecule has 0 heterocycles. The third-order valence-electron chi connectivity index (χ3n) is 8.15. The second-order valence-corrected chi connectivity index (χ2v) is 30.5. The number of benzene rings is 2. The van der Waals surface area contributed by atoms with Crippen molar-refractivity contribution in [2.24, 2.45) is 0 Å². The molecule has 41 heavy (non-hydrogen) atoms. The van der Waals surface area contributed by atoms with Crippen molar-refractivity contribution in [3.05, 3.63) is 57.6 Å². The van der Waals surface area contributed by atoms with E-state index in [4.69, 9.17) is 0 Å². The van der Waals surface area contributed by atoms with Gasteiger partial charge in [0.1, 0.15) is 0 Å². The fraction of sp³-hybridized carbons (Fsp3) is 0.658. The normalized spacial score (nSPS) is 14.3. The fourth-order valence-corrected chi connectivity index (χ4v) is 23.6. The van der Waals surface area contributed by atoms with Crippen molar-refractivity contribution < 1.29 is 0 Å². The van der Waals surface area contributed by atoms with Crippen molar-refractivity contribution in [2.75, 3.05) is 0 Å². The molecule has 0 aliphatic rings. The van der Waals surface area contributed by atoms with Crippen LogP contribution in [0.5, 0.6) is 0 Å². The van der Waals surface area contributed by atoms with E-state index >= 15 is 0 Å². The fourth-order valence-electron chi connectivity index (χ4n) is 5.54. The van der Waals surface area contributed by atoms with Crippen LogP contribution in [0.25, 0.3) is 0 Å². The molecule has 2 aromatic rings. The average Bonchev–Trinajstić information content (AvgIpc) is 2.75. The number of hydrogen-bond donors (Lipinski definition) is 0. The Balaban J connectivity index is 3.12. The molecule has 2 rings (SSSR count). The molecule has 0 fully saturated rings. The van der Waals surface area contributed by atoms with Gasteiger partial charge in [0.05, 0.1) is 0 Å². The summed E-state index contributed by atoms with van der Waals surface area (Å²) < 4.78 is 3.77. The summed E-state index contributed by atoms with van der Waals surface area (Å²) in [4.78, 5) is 0. The Hall–Kier alpha value is -0.0575. The molecule has 2 radical (unpaired) electrons. The molecule has 0 aliphatic carbocycles. The molecule has 2 aromatic carbocycles. The Morgan fingerprint density at radius 1 is 0.610 bits per heavy atom. The predicted octanol–water partition coefficient (Wildman–Crippen LogP) is 10.6. The van der Waals surface area contributed by atoms with Crippen molar-refractivity contribution in [2.45, 2.75) is 163 Å². The summed E-state index contributed by atoms with van der Waals surface area (Å²) >= 11 is 0.469. The van der Waals surface area contributed by atoms with Gasteiger partial charge >= 0.3 is 277 Å². The standard InChI is InChI=1S/C38H61GePTe/c1-23(2)26-19-28(24(3)4)32(29(20-26)25(5)6)39(38(16,17)18)34(41)40-33-30(36(10,11)12)21-27(35(7,8)9)22-31(33)37(13,14)15/h19-25H,1-18H3. The predicted molar refractivity (Wildman–Crippen MR) is 194 cm³/mol. The summed E-state index contributed by atoms with van der Waals surface area (Å²) in [6.45, 7) is 43.5. The molecule has 0 spiro atoms. The van der Waals surface area contributed by atoms with E-state index in [9.17, 15) is 0 Å². The Labute approximate surface area is 275 Å². The molecule has 0 unspecified atom stereocenters. The van der Waals surface area contributed by atoms with Gasteiger partial charge in [-0.2, -0.15) is 0 Å². The first-order valence-electron chi connectivity index (χ1n) is 15.8. The van der Waals surface area contributed by atoms with E-state index in [1.54, 1.807) is 23.0 Å². The number of rotatable bonds is 6. The monoisotopic (exact) mass is 752 g/mol. The van der Waals surface area contributed by atoms with Crippen LogP contribution in [0.2, 0.25) is 4.25 Å². The first kappa shape index (κ1) is 37.1. The maximum atomic E-state index is 2.58. The summed E-state index contributed by atoms with van der Waals surface area (Å²) in [5.41, 5.74) is 9.57. The van der Waals surface area contributed by atoms with E-state index in [1.165, 1.54) is 30.5 Å². The van der Waals surface area contributed by atoms with Crippen LogP contribution < -0.4 is 9.70 Å². The molecule has 0 aliphatic heterocycles. The topological polar surface area (TPSA) is 0 Å².